The fraction of sp³-hybridized carbons (Fsp3) is 0.0769. The molecule has 0 unspecified atom stereocenters. The second kappa shape index (κ2) is 5.80. The minimum atomic E-state index is -1.12. The summed E-state index contributed by atoms with van der Waals surface area (Å²) in [7, 11) is 0. The number of aromatic amines is 1. The fourth-order valence-electron chi connectivity index (χ4n) is 1.72. The molecule has 3 N–H and O–H groups in total. The number of amides is 1. The minimum Gasteiger partial charge on any atom is -0.477 e. The lowest BCUT2D eigenvalue weighted by atomic mass is 10.2. The average molecular weight is 402 g/mol. The largest absolute Gasteiger partial charge is 0.477 e. The van der Waals surface area contributed by atoms with E-state index < -0.39 is 5.97 Å². The van der Waals surface area contributed by atoms with Gasteiger partial charge in [0.1, 0.15) is 5.69 Å². The van der Waals surface area contributed by atoms with E-state index in [1.54, 1.807) is 31.2 Å². The summed E-state index contributed by atoms with van der Waals surface area (Å²) in [6.07, 6.45) is 0. The highest BCUT2D eigenvalue weighted by Gasteiger charge is 2.17. The van der Waals surface area contributed by atoms with E-state index >= 15 is 0 Å². The van der Waals surface area contributed by atoms with Crippen molar-refractivity contribution >= 4 is 49.4 Å². The molecule has 20 heavy (non-hydrogen) atoms. The van der Waals surface area contributed by atoms with Gasteiger partial charge in [-0.15, -0.1) is 0 Å². The Morgan fingerprint density at radius 2 is 1.95 bits per heavy atom. The summed E-state index contributed by atoms with van der Waals surface area (Å²) < 4.78 is 1.46. The molecule has 7 heteroatoms. The number of hydrogen-bond acceptors (Lipinski definition) is 2. The quantitative estimate of drug-likeness (QED) is 0.731. The molecule has 0 radical (unpaired) electrons. The molecule has 2 aromatic rings. The Hall–Kier alpha value is -1.60. The van der Waals surface area contributed by atoms with Gasteiger partial charge in [0.05, 0.1) is 11.3 Å². The molecule has 1 aromatic heterocycles. The third-order valence-electron chi connectivity index (χ3n) is 2.59. The number of H-pyrrole nitrogens is 1. The lowest BCUT2D eigenvalue weighted by Gasteiger charge is -2.06. The van der Waals surface area contributed by atoms with E-state index in [1.165, 1.54) is 0 Å². The summed E-state index contributed by atoms with van der Waals surface area (Å²) in [5, 5.41) is 11.6. The van der Waals surface area contributed by atoms with Gasteiger partial charge < -0.3 is 15.4 Å². The number of aromatic carboxylic acids is 1. The molecule has 5 nitrogen and oxygen atoms in total. The third-order valence-corrected chi connectivity index (χ3v) is 3.74. The maximum Gasteiger partial charge on any atom is 0.354 e. The Balaban J connectivity index is 2.30. The van der Waals surface area contributed by atoms with Crippen LogP contribution in [0.5, 0.6) is 0 Å². The molecule has 0 saturated heterocycles. The van der Waals surface area contributed by atoms with Gasteiger partial charge in [0, 0.05) is 14.6 Å². The summed E-state index contributed by atoms with van der Waals surface area (Å²) in [5.74, 6) is -1.51. The molecular formula is C13H10Br2N2O3. The van der Waals surface area contributed by atoms with E-state index in [1.807, 2.05) is 0 Å². The number of aromatic nitrogens is 1. The SMILES string of the molecule is Cc1cc(NC(=O)c2ccc(Br)cc2Br)c(C(=O)O)[nH]1. The van der Waals surface area contributed by atoms with Crippen LogP contribution in [-0.2, 0) is 0 Å². The first kappa shape index (κ1) is 14.8. The highest BCUT2D eigenvalue weighted by Crippen LogP contribution is 2.24. The molecule has 0 fully saturated rings. The van der Waals surface area contributed by atoms with Crippen molar-refractivity contribution in [2.45, 2.75) is 6.92 Å². The molecule has 1 aromatic carbocycles. The number of rotatable bonds is 3. The van der Waals surface area contributed by atoms with E-state index in [2.05, 4.69) is 42.2 Å². The van der Waals surface area contributed by atoms with Crippen molar-refractivity contribution in [3.63, 3.8) is 0 Å². The van der Waals surface area contributed by atoms with Gasteiger partial charge in [-0.3, -0.25) is 4.79 Å². The van der Waals surface area contributed by atoms with Crippen LogP contribution in [0.1, 0.15) is 26.5 Å². The van der Waals surface area contributed by atoms with Crippen LogP contribution in [0.2, 0.25) is 0 Å². The van der Waals surface area contributed by atoms with Crippen molar-refractivity contribution < 1.29 is 14.7 Å². The molecule has 0 aliphatic carbocycles. The number of carboxylic acid groups (broad SMARTS) is 1. The second-order valence-corrected chi connectivity index (χ2v) is 5.89. The topological polar surface area (TPSA) is 82.2 Å². The van der Waals surface area contributed by atoms with Crippen LogP contribution in [0.25, 0.3) is 0 Å². The van der Waals surface area contributed by atoms with Gasteiger partial charge >= 0.3 is 5.97 Å². The fourth-order valence-corrected chi connectivity index (χ4v) is 2.95. The molecule has 0 aliphatic heterocycles. The number of carboxylic acids is 1. The van der Waals surface area contributed by atoms with Crippen LogP contribution >= 0.6 is 31.9 Å². The molecule has 2 rings (SSSR count). The second-order valence-electron chi connectivity index (χ2n) is 4.12. The van der Waals surface area contributed by atoms with Gasteiger partial charge in [0.25, 0.3) is 5.91 Å². The number of aryl methyl sites for hydroxylation is 1. The zero-order chi connectivity index (χ0) is 14.9. The van der Waals surface area contributed by atoms with Crippen molar-refractivity contribution in [1.29, 1.82) is 0 Å². The predicted octanol–water partition coefficient (Wildman–Crippen LogP) is 3.80. The average Bonchev–Trinajstić information content (AvgIpc) is 2.70. The first-order valence-electron chi connectivity index (χ1n) is 5.58. The molecule has 0 bridgehead atoms. The van der Waals surface area contributed by atoms with E-state index in [0.29, 0.717) is 15.7 Å². The first-order chi connectivity index (χ1) is 9.38. The Labute approximate surface area is 131 Å². The number of halogens is 2. The number of carbonyl (C=O) groups is 2. The smallest absolute Gasteiger partial charge is 0.354 e. The monoisotopic (exact) mass is 400 g/mol. The standard InChI is InChI=1S/C13H10Br2N2O3/c1-6-4-10(11(16-6)13(19)20)17-12(18)8-3-2-7(14)5-9(8)15/h2-5,16H,1H3,(H,17,18)(H,19,20). The highest BCUT2D eigenvalue weighted by molar-refractivity contribution is 9.11. The molecular weight excluding hydrogens is 392 g/mol. The van der Waals surface area contributed by atoms with Crippen molar-refractivity contribution in [2.75, 3.05) is 5.32 Å². The lowest BCUT2D eigenvalue weighted by Crippen LogP contribution is -2.14. The zero-order valence-corrected chi connectivity index (χ0v) is 13.5. The van der Waals surface area contributed by atoms with Gasteiger partial charge in [-0.2, -0.15) is 0 Å². The molecule has 0 spiro atoms. The van der Waals surface area contributed by atoms with Gasteiger partial charge in [0.15, 0.2) is 0 Å². The lowest BCUT2D eigenvalue weighted by molar-refractivity contribution is 0.0692. The van der Waals surface area contributed by atoms with E-state index in [-0.39, 0.29) is 17.3 Å². The van der Waals surface area contributed by atoms with Gasteiger partial charge in [-0.05, 0) is 47.1 Å². The van der Waals surface area contributed by atoms with Crippen molar-refractivity contribution in [1.82, 2.24) is 4.98 Å². The van der Waals surface area contributed by atoms with Crippen molar-refractivity contribution in [2.24, 2.45) is 0 Å². The number of carbonyl (C=O) groups excluding carboxylic acids is 1. The van der Waals surface area contributed by atoms with Crippen LogP contribution in [0.4, 0.5) is 5.69 Å². The normalized spacial score (nSPS) is 10.3. The van der Waals surface area contributed by atoms with E-state index in [0.717, 1.165) is 4.47 Å². The maximum atomic E-state index is 12.2. The summed E-state index contributed by atoms with van der Waals surface area (Å²) in [5.41, 5.74) is 1.29. The van der Waals surface area contributed by atoms with Crippen molar-refractivity contribution in [3.05, 3.63) is 50.2 Å². The van der Waals surface area contributed by atoms with E-state index in [9.17, 15) is 9.59 Å². The zero-order valence-electron chi connectivity index (χ0n) is 10.3. The number of nitrogens with one attached hydrogen (secondary N) is 2. The molecule has 0 aliphatic rings. The summed E-state index contributed by atoms with van der Waals surface area (Å²) >= 11 is 6.60. The van der Waals surface area contributed by atoms with Crippen LogP contribution in [0, 0.1) is 6.92 Å². The third kappa shape index (κ3) is 3.10. The van der Waals surface area contributed by atoms with Crippen LogP contribution in [0.15, 0.2) is 33.2 Å². The first-order valence-corrected chi connectivity index (χ1v) is 7.16. The molecule has 0 atom stereocenters. The Kier molecular flexibility index (Phi) is 4.29. The molecule has 104 valence electrons. The number of anilines is 1. The Morgan fingerprint density at radius 1 is 1.25 bits per heavy atom. The molecule has 1 amide bonds. The molecule has 0 saturated carbocycles. The van der Waals surface area contributed by atoms with Gasteiger partial charge in [0.2, 0.25) is 0 Å². The predicted molar refractivity (Wildman–Crippen MR) is 82.3 cm³/mol. The van der Waals surface area contributed by atoms with Crippen LogP contribution in [0.3, 0.4) is 0 Å². The minimum absolute atomic E-state index is 0.0379. The highest BCUT2D eigenvalue weighted by atomic mass is 79.9. The number of hydrogen-bond donors (Lipinski definition) is 3. The van der Waals surface area contributed by atoms with E-state index in [4.69, 9.17) is 5.11 Å². The maximum absolute atomic E-state index is 12.2. The molecule has 1 heterocycles. The summed E-state index contributed by atoms with van der Waals surface area (Å²) in [4.78, 5) is 25.9. The number of benzene rings is 1. The Bertz CT molecular complexity index is 695. The van der Waals surface area contributed by atoms with Crippen LogP contribution in [-0.4, -0.2) is 22.0 Å². The Morgan fingerprint density at radius 3 is 2.55 bits per heavy atom. The van der Waals surface area contributed by atoms with Crippen LogP contribution < -0.4 is 5.32 Å². The van der Waals surface area contributed by atoms with Gasteiger partial charge in [-0.1, -0.05) is 15.9 Å². The summed E-state index contributed by atoms with van der Waals surface area (Å²) in [6.45, 7) is 1.72. The summed E-state index contributed by atoms with van der Waals surface area (Å²) in [6, 6.07) is 6.70. The van der Waals surface area contributed by atoms with Crippen molar-refractivity contribution in [3.8, 4) is 0 Å². The van der Waals surface area contributed by atoms with Gasteiger partial charge in [-0.25, -0.2) is 4.79 Å².